The van der Waals surface area contributed by atoms with Gasteiger partial charge in [-0.2, -0.15) is 8.42 Å². The van der Waals surface area contributed by atoms with Crippen molar-refractivity contribution in [2.75, 3.05) is 0 Å². The van der Waals surface area contributed by atoms with Crippen molar-refractivity contribution in [3.05, 3.63) is 59.2 Å². The third kappa shape index (κ3) is 2.56. The molecule has 3 nitrogen and oxygen atoms in total. The molecule has 3 rings (SSSR count). The minimum atomic E-state index is -3.75. The summed E-state index contributed by atoms with van der Waals surface area (Å²) in [6, 6.07) is 12.3. The molecular formula is C16H16O3S. The molecule has 0 heterocycles. The molecule has 2 aromatic carbocycles. The molecule has 0 N–H and O–H groups in total. The third-order valence-electron chi connectivity index (χ3n) is 3.59. The molecule has 0 fully saturated rings. The summed E-state index contributed by atoms with van der Waals surface area (Å²) in [5.74, 6) is 0.344. The van der Waals surface area contributed by atoms with Gasteiger partial charge in [-0.25, -0.2) is 0 Å². The van der Waals surface area contributed by atoms with E-state index in [1.807, 2.05) is 25.1 Å². The van der Waals surface area contributed by atoms with Crippen LogP contribution in [0.3, 0.4) is 0 Å². The fraction of sp³-hybridized carbons (Fsp3) is 0.250. The molecule has 1 aliphatic rings. The fourth-order valence-electron chi connectivity index (χ4n) is 2.47. The Morgan fingerprint density at radius 2 is 1.65 bits per heavy atom. The lowest BCUT2D eigenvalue weighted by Crippen LogP contribution is -2.10. The van der Waals surface area contributed by atoms with Crippen LogP contribution in [0.2, 0.25) is 0 Å². The van der Waals surface area contributed by atoms with E-state index in [0.29, 0.717) is 5.75 Å². The Balaban J connectivity index is 1.90. The maximum atomic E-state index is 12.3. The highest BCUT2D eigenvalue weighted by atomic mass is 32.2. The quantitative estimate of drug-likeness (QED) is 0.814. The Kier molecular flexibility index (Phi) is 3.26. The molecule has 2 aromatic rings. The number of aryl methyl sites for hydroxylation is 3. The van der Waals surface area contributed by atoms with Crippen molar-refractivity contribution >= 4 is 10.1 Å². The number of benzene rings is 2. The standard InChI is InChI=1S/C16H16O3S/c1-12-5-8-15(9-6-12)19-20(17,18)16-10-7-13-3-2-4-14(13)11-16/h5-11H,2-4H2,1H3. The normalized spacial score (nSPS) is 14.1. The first kappa shape index (κ1) is 13.2. The van der Waals surface area contributed by atoms with Crippen molar-refractivity contribution in [3.8, 4) is 5.75 Å². The van der Waals surface area contributed by atoms with E-state index in [0.717, 1.165) is 30.4 Å². The maximum absolute atomic E-state index is 12.3. The molecule has 0 saturated heterocycles. The Morgan fingerprint density at radius 3 is 2.40 bits per heavy atom. The second-order valence-electron chi connectivity index (χ2n) is 5.13. The van der Waals surface area contributed by atoms with E-state index in [1.54, 1.807) is 24.3 Å². The van der Waals surface area contributed by atoms with E-state index >= 15 is 0 Å². The number of fused-ring (bicyclic) bond motifs is 1. The van der Waals surface area contributed by atoms with Gasteiger partial charge in [0.05, 0.1) is 0 Å². The summed E-state index contributed by atoms with van der Waals surface area (Å²) in [6.45, 7) is 1.94. The van der Waals surface area contributed by atoms with E-state index < -0.39 is 10.1 Å². The lowest BCUT2D eigenvalue weighted by molar-refractivity contribution is 0.486. The van der Waals surface area contributed by atoms with Gasteiger partial charge in [-0.05, 0) is 61.6 Å². The number of rotatable bonds is 3. The number of hydrogen-bond donors (Lipinski definition) is 0. The van der Waals surface area contributed by atoms with Gasteiger partial charge in [0.25, 0.3) is 0 Å². The van der Waals surface area contributed by atoms with Crippen LogP contribution in [0.25, 0.3) is 0 Å². The summed E-state index contributed by atoms with van der Waals surface area (Å²) in [4.78, 5) is 0.235. The Hall–Kier alpha value is -1.81. The summed E-state index contributed by atoms with van der Waals surface area (Å²) in [7, 11) is -3.75. The second-order valence-corrected chi connectivity index (χ2v) is 6.68. The molecule has 104 valence electrons. The summed E-state index contributed by atoms with van der Waals surface area (Å²) in [6.07, 6.45) is 3.08. The van der Waals surface area contributed by atoms with Gasteiger partial charge >= 0.3 is 10.1 Å². The van der Waals surface area contributed by atoms with Gasteiger partial charge < -0.3 is 4.18 Å². The fourth-order valence-corrected chi connectivity index (χ4v) is 3.45. The molecule has 0 aromatic heterocycles. The van der Waals surface area contributed by atoms with E-state index in [9.17, 15) is 8.42 Å². The van der Waals surface area contributed by atoms with Gasteiger partial charge in [0.15, 0.2) is 0 Å². The average molecular weight is 288 g/mol. The van der Waals surface area contributed by atoms with Crippen molar-refractivity contribution in [3.63, 3.8) is 0 Å². The Bertz CT molecular complexity index is 731. The van der Waals surface area contributed by atoms with Crippen LogP contribution in [0.1, 0.15) is 23.1 Å². The zero-order valence-corrected chi connectivity index (χ0v) is 12.1. The number of hydrogen-bond acceptors (Lipinski definition) is 3. The predicted molar refractivity (Wildman–Crippen MR) is 77.5 cm³/mol. The van der Waals surface area contributed by atoms with Crippen LogP contribution in [-0.4, -0.2) is 8.42 Å². The SMILES string of the molecule is Cc1ccc(OS(=O)(=O)c2ccc3c(c2)CCC3)cc1. The van der Waals surface area contributed by atoms with Crippen LogP contribution in [-0.2, 0) is 23.0 Å². The van der Waals surface area contributed by atoms with E-state index in [2.05, 4.69) is 0 Å². The minimum Gasteiger partial charge on any atom is -0.379 e. The monoisotopic (exact) mass is 288 g/mol. The van der Waals surface area contributed by atoms with E-state index in [-0.39, 0.29) is 4.90 Å². The zero-order valence-electron chi connectivity index (χ0n) is 11.3. The zero-order chi connectivity index (χ0) is 14.2. The highest BCUT2D eigenvalue weighted by Gasteiger charge is 2.20. The topological polar surface area (TPSA) is 43.4 Å². The minimum absolute atomic E-state index is 0.235. The molecule has 1 aliphatic carbocycles. The van der Waals surface area contributed by atoms with Crippen molar-refractivity contribution in [2.24, 2.45) is 0 Å². The first-order valence-corrected chi connectivity index (χ1v) is 8.08. The molecule has 0 amide bonds. The van der Waals surface area contributed by atoms with Crippen molar-refractivity contribution < 1.29 is 12.6 Å². The van der Waals surface area contributed by atoms with Crippen molar-refractivity contribution in [1.29, 1.82) is 0 Å². The van der Waals surface area contributed by atoms with Crippen LogP contribution in [0.15, 0.2) is 47.4 Å². The summed E-state index contributed by atoms with van der Waals surface area (Å²) >= 11 is 0. The van der Waals surface area contributed by atoms with Crippen molar-refractivity contribution in [1.82, 2.24) is 0 Å². The highest BCUT2D eigenvalue weighted by molar-refractivity contribution is 7.87. The third-order valence-corrected chi connectivity index (χ3v) is 4.83. The molecular weight excluding hydrogens is 272 g/mol. The van der Waals surface area contributed by atoms with Crippen LogP contribution >= 0.6 is 0 Å². The molecule has 0 radical (unpaired) electrons. The summed E-state index contributed by atoms with van der Waals surface area (Å²) in [5, 5.41) is 0. The Labute approximate surface area is 119 Å². The molecule has 0 aliphatic heterocycles. The van der Waals surface area contributed by atoms with Gasteiger partial charge in [0, 0.05) is 0 Å². The van der Waals surface area contributed by atoms with Gasteiger partial charge in [-0.3, -0.25) is 0 Å². The van der Waals surface area contributed by atoms with Gasteiger partial charge in [-0.15, -0.1) is 0 Å². The second kappa shape index (κ2) is 4.94. The average Bonchev–Trinajstić information content (AvgIpc) is 2.88. The van der Waals surface area contributed by atoms with Crippen LogP contribution < -0.4 is 4.18 Å². The molecule has 4 heteroatoms. The molecule has 0 atom stereocenters. The van der Waals surface area contributed by atoms with Gasteiger partial charge in [-0.1, -0.05) is 23.8 Å². The lowest BCUT2D eigenvalue weighted by atomic mass is 10.1. The van der Waals surface area contributed by atoms with Crippen LogP contribution in [0, 0.1) is 6.92 Å². The first-order chi connectivity index (χ1) is 9.54. The molecule has 0 unspecified atom stereocenters. The van der Waals surface area contributed by atoms with Crippen LogP contribution in [0.5, 0.6) is 5.75 Å². The lowest BCUT2D eigenvalue weighted by Gasteiger charge is -2.08. The van der Waals surface area contributed by atoms with Gasteiger partial charge in [0.1, 0.15) is 10.6 Å². The van der Waals surface area contributed by atoms with Crippen LogP contribution in [0.4, 0.5) is 0 Å². The van der Waals surface area contributed by atoms with Gasteiger partial charge in [0.2, 0.25) is 0 Å². The maximum Gasteiger partial charge on any atom is 0.339 e. The van der Waals surface area contributed by atoms with E-state index in [4.69, 9.17) is 4.18 Å². The molecule has 0 spiro atoms. The van der Waals surface area contributed by atoms with E-state index in [1.165, 1.54) is 5.56 Å². The molecule has 20 heavy (non-hydrogen) atoms. The van der Waals surface area contributed by atoms with Crippen molar-refractivity contribution in [2.45, 2.75) is 31.1 Å². The smallest absolute Gasteiger partial charge is 0.339 e. The largest absolute Gasteiger partial charge is 0.379 e. The summed E-state index contributed by atoms with van der Waals surface area (Å²) < 4.78 is 29.7. The summed E-state index contributed by atoms with van der Waals surface area (Å²) in [5.41, 5.74) is 3.44. The predicted octanol–water partition coefficient (Wildman–Crippen LogP) is 3.25. The molecule has 0 bridgehead atoms. The highest BCUT2D eigenvalue weighted by Crippen LogP contribution is 2.26. The molecule has 0 saturated carbocycles. The first-order valence-electron chi connectivity index (χ1n) is 6.67. The Morgan fingerprint density at radius 1 is 0.950 bits per heavy atom.